The van der Waals surface area contributed by atoms with Gasteiger partial charge in [0.1, 0.15) is 0 Å². The molecule has 15 heavy (non-hydrogen) atoms. The molecule has 0 radical (unpaired) electrons. The summed E-state index contributed by atoms with van der Waals surface area (Å²) in [6.45, 7) is 4.42. The molecule has 1 rings (SSSR count). The van der Waals surface area contributed by atoms with E-state index < -0.39 is 0 Å². The monoisotopic (exact) mass is 208 g/mol. The molecule has 3 heteroatoms. The van der Waals surface area contributed by atoms with E-state index in [9.17, 15) is 0 Å². The van der Waals surface area contributed by atoms with Crippen LogP contribution < -0.4 is 5.32 Å². The molecule has 0 spiro atoms. The number of rotatable bonds is 7. The van der Waals surface area contributed by atoms with Crippen LogP contribution in [0.15, 0.2) is 18.2 Å². The number of nitrogens with one attached hydrogen (secondary N) is 1. The fourth-order valence-corrected chi connectivity index (χ4v) is 1.31. The van der Waals surface area contributed by atoms with Gasteiger partial charge in [-0.1, -0.05) is 19.4 Å². The molecule has 1 aromatic rings. The Morgan fingerprint density at radius 2 is 2.13 bits per heavy atom. The summed E-state index contributed by atoms with van der Waals surface area (Å²) in [4.78, 5) is 4.47. The predicted molar refractivity (Wildman–Crippen MR) is 61.6 cm³/mol. The second kappa shape index (κ2) is 7.37. The molecular formula is C12H20N2O. The maximum absolute atomic E-state index is 5.51. The third-order valence-corrected chi connectivity index (χ3v) is 2.11. The SMILES string of the molecule is CCCCOCc1cccc(CNC)n1. The largest absolute Gasteiger partial charge is 0.375 e. The molecule has 0 aliphatic heterocycles. The Balaban J connectivity index is 2.36. The van der Waals surface area contributed by atoms with E-state index in [4.69, 9.17) is 4.74 Å². The quantitative estimate of drug-likeness (QED) is 0.697. The minimum absolute atomic E-state index is 0.623. The topological polar surface area (TPSA) is 34.1 Å². The van der Waals surface area contributed by atoms with Gasteiger partial charge in [-0.05, 0) is 25.6 Å². The van der Waals surface area contributed by atoms with Crippen LogP contribution in [-0.2, 0) is 17.9 Å². The van der Waals surface area contributed by atoms with Gasteiger partial charge in [0.2, 0.25) is 0 Å². The summed E-state index contributed by atoms with van der Waals surface area (Å²) in [5, 5.41) is 3.08. The summed E-state index contributed by atoms with van der Waals surface area (Å²) in [5.41, 5.74) is 2.08. The Morgan fingerprint density at radius 1 is 1.33 bits per heavy atom. The van der Waals surface area contributed by atoms with Crippen molar-refractivity contribution in [2.75, 3.05) is 13.7 Å². The minimum Gasteiger partial charge on any atom is -0.375 e. The number of unbranched alkanes of at least 4 members (excludes halogenated alkanes) is 1. The predicted octanol–water partition coefficient (Wildman–Crippen LogP) is 2.12. The standard InChI is InChI=1S/C12H20N2O/c1-3-4-8-15-10-12-7-5-6-11(14-12)9-13-2/h5-7,13H,3-4,8-10H2,1-2H3. The lowest BCUT2D eigenvalue weighted by molar-refractivity contribution is 0.115. The molecule has 0 amide bonds. The van der Waals surface area contributed by atoms with E-state index >= 15 is 0 Å². The molecule has 1 N–H and O–H groups in total. The fraction of sp³-hybridized carbons (Fsp3) is 0.583. The molecule has 1 heterocycles. The van der Waals surface area contributed by atoms with Gasteiger partial charge in [-0.3, -0.25) is 4.98 Å². The molecule has 0 atom stereocenters. The van der Waals surface area contributed by atoms with Gasteiger partial charge in [0.15, 0.2) is 0 Å². The number of aromatic nitrogens is 1. The van der Waals surface area contributed by atoms with Gasteiger partial charge >= 0.3 is 0 Å². The van der Waals surface area contributed by atoms with Crippen molar-refractivity contribution in [2.45, 2.75) is 32.9 Å². The first kappa shape index (κ1) is 12.1. The van der Waals surface area contributed by atoms with Crippen molar-refractivity contribution in [3.8, 4) is 0 Å². The van der Waals surface area contributed by atoms with E-state index in [2.05, 4.69) is 17.2 Å². The molecule has 0 aliphatic carbocycles. The number of pyridine rings is 1. The van der Waals surface area contributed by atoms with E-state index in [1.54, 1.807) is 0 Å². The number of nitrogens with zero attached hydrogens (tertiary/aromatic N) is 1. The smallest absolute Gasteiger partial charge is 0.0887 e. The lowest BCUT2D eigenvalue weighted by Crippen LogP contribution is -2.08. The molecular weight excluding hydrogens is 188 g/mol. The molecule has 84 valence electrons. The first-order valence-electron chi connectivity index (χ1n) is 5.54. The van der Waals surface area contributed by atoms with Crippen LogP contribution in [0.2, 0.25) is 0 Å². The maximum Gasteiger partial charge on any atom is 0.0887 e. The highest BCUT2D eigenvalue weighted by atomic mass is 16.5. The average Bonchev–Trinajstić information content (AvgIpc) is 2.26. The molecule has 0 unspecified atom stereocenters. The third kappa shape index (κ3) is 4.91. The van der Waals surface area contributed by atoms with Gasteiger partial charge in [0, 0.05) is 13.2 Å². The maximum atomic E-state index is 5.51. The molecule has 0 saturated heterocycles. The van der Waals surface area contributed by atoms with Crippen molar-refractivity contribution in [1.29, 1.82) is 0 Å². The molecule has 0 fully saturated rings. The highest BCUT2D eigenvalue weighted by Crippen LogP contribution is 2.01. The Labute approximate surface area is 91.9 Å². The van der Waals surface area contributed by atoms with Gasteiger partial charge < -0.3 is 10.1 Å². The van der Waals surface area contributed by atoms with Gasteiger partial charge in [0.25, 0.3) is 0 Å². The van der Waals surface area contributed by atoms with Crippen molar-refractivity contribution in [2.24, 2.45) is 0 Å². The minimum atomic E-state index is 0.623. The van der Waals surface area contributed by atoms with Crippen molar-refractivity contribution in [3.63, 3.8) is 0 Å². The second-order valence-corrected chi connectivity index (χ2v) is 3.56. The zero-order chi connectivity index (χ0) is 10.9. The third-order valence-electron chi connectivity index (χ3n) is 2.11. The molecule has 0 saturated carbocycles. The first-order valence-corrected chi connectivity index (χ1v) is 5.54. The highest BCUT2D eigenvalue weighted by molar-refractivity contribution is 5.10. The number of ether oxygens (including phenoxy) is 1. The van der Waals surface area contributed by atoms with E-state index in [-0.39, 0.29) is 0 Å². The van der Waals surface area contributed by atoms with Gasteiger partial charge in [-0.2, -0.15) is 0 Å². The van der Waals surface area contributed by atoms with Crippen LogP contribution >= 0.6 is 0 Å². The van der Waals surface area contributed by atoms with Crippen molar-refractivity contribution < 1.29 is 4.74 Å². The Bertz CT molecular complexity index is 276. The van der Waals surface area contributed by atoms with Gasteiger partial charge in [-0.15, -0.1) is 0 Å². The van der Waals surface area contributed by atoms with Crippen LogP contribution in [0, 0.1) is 0 Å². The first-order chi connectivity index (χ1) is 7.36. The van der Waals surface area contributed by atoms with E-state index in [0.717, 1.165) is 31.0 Å². The van der Waals surface area contributed by atoms with Crippen molar-refractivity contribution in [3.05, 3.63) is 29.6 Å². The molecule has 0 aromatic carbocycles. The Kier molecular flexibility index (Phi) is 5.97. The normalized spacial score (nSPS) is 10.5. The number of hydrogen-bond acceptors (Lipinski definition) is 3. The zero-order valence-electron chi connectivity index (χ0n) is 9.62. The molecule has 0 bridgehead atoms. The molecule has 3 nitrogen and oxygen atoms in total. The fourth-order valence-electron chi connectivity index (χ4n) is 1.31. The summed E-state index contributed by atoms with van der Waals surface area (Å²) in [5.74, 6) is 0. The van der Waals surface area contributed by atoms with E-state index in [1.165, 1.54) is 6.42 Å². The van der Waals surface area contributed by atoms with Crippen LogP contribution in [0.3, 0.4) is 0 Å². The summed E-state index contributed by atoms with van der Waals surface area (Å²) in [6, 6.07) is 6.05. The summed E-state index contributed by atoms with van der Waals surface area (Å²) >= 11 is 0. The highest BCUT2D eigenvalue weighted by Gasteiger charge is 1.97. The number of hydrogen-bond donors (Lipinski definition) is 1. The van der Waals surface area contributed by atoms with Gasteiger partial charge in [0.05, 0.1) is 18.0 Å². The van der Waals surface area contributed by atoms with E-state index in [1.807, 2.05) is 25.2 Å². The lowest BCUT2D eigenvalue weighted by atomic mass is 10.3. The Morgan fingerprint density at radius 3 is 2.87 bits per heavy atom. The summed E-state index contributed by atoms with van der Waals surface area (Å²) < 4.78 is 5.51. The summed E-state index contributed by atoms with van der Waals surface area (Å²) in [6.07, 6.45) is 2.30. The van der Waals surface area contributed by atoms with Gasteiger partial charge in [-0.25, -0.2) is 0 Å². The molecule has 1 aromatic heterocycles. The summed E-state index contributed by atoms with van der Waals surface area (Å²) in [7, 11) is 1.92. The van der Waals surface area contributed by atoms with Crippen LogP contribution in [0.4, 0.5) is 0 Å². The molecule has 0 aliphatic rings. The van der Waals surface area contributed by atoms with Crippen LogP contribution in [-0.4, -0.2) is 18.6 Å². The van der Waals surface area contributed by atoms with Crippen molar-refractivity contribution >= 4 is 0 Å². The van der Waals surface area contributed by atoms with Crippen molar-refractivity contribution in [1.82, 2.24) is 10.3 Å². The van der Waals surface area contributed by atoms with Crippen LogP contribution in [0.25, 0.3) is 0 Å². The second-order valence-electron chi connectivity index (χ2n) is 3.56. The van der Waals surface area contributed by atoms with Crippen LogP contribution in [0.5, 0.6) is 0 Å². The Hall–Kier alpha value is -0.930. The average molecular weight is 208 g/mol. The zero-order valence-corrected chi connectivity index (χ0v) is 9.62. The van der Waals surface area contributed by atoms with Crippen LogP contribution in [0.1, 0.15) is 31.2 Å². The lowest BCUT2D eigenvalue weighted by Gasteiger charge is -2.05. The van der Waals surface area contributed by atoms with E-state index in [0.29, 0.717) is 6.61 Å².